The number of nitrogens with zero attached hydrogens (tertiary/aromatic N) is 2. The summed E-state index contributed by atoms with van der Waals surface area (Å²) in [6.45, 7) is -0.987. The van der Waals surface area contributed by atoms with Crippen molar-refractivity contribution < 1.29 is 27.6 Å². The second-order valence-corrected chi connectivity index (χ2v) is 9.22. The van der Waals surface area contributed by atoms with Crippen LogP contribution in [-0.4, -0.2) is 46.4 Å². The van der Waals surface area contributed by atoms with Gasteiger partial charge in [0.1, 0.15) is 18.1 Å². The van der Waals surface area contributed by atoms with Crippen molar-refractivity contribution in [2.45, 2.75) is 50.0 Å². The minimum atomic E-state index is -4.62. The quantitative estimate of drug-likeness (QED) is 0.653. The molecule has 178 valence electrons. The highest BCUT2D eigenvalue weighted by molar-refractivity contribution is 6.10. The predicted molar refractivity (Wildman–Crippen MR) is 116 cm³/mol. The Morgan fingerprint density at radius 2 is 1.76 bits per heavy atom. The van der Waals surface area contributed by atoms with Crippen LogP contribution in [0.1, 0.15) is 36.0 Å². The lowest BCUT2D eigenvalue weighted by Crippen LogP contribution is -2.53. The van der Waals surface area contributed by atoms with Crippen LogP contribution in [0.2, 0.25) is 0 Å². The van der Waals surface area contributed by atoms with Crippen molar-refractivity contribution in [1.29, 1.82) is 0 Å². The Morgan fingerprint density at radius 1 is 1.09 bits per heavy atom. The molecule has 3 aliphatic rings. The van der Waals surface area contributed by atoms with Crippen LogP contribution in [0.3, 0.4) is 0 Å². The fraction of sp³-hybridized carbons (Fsp3) is 0.400. The monoisotopic (exact) mass is 471 g/mol. The van der Waals surface area contributed by atoms with E-state index in [0.29, 0.717) is 36.8 Å². The van der Waals surface area contributed by atoms with Gasteiger partial charge >= 0.3 is 12.2 Å². The van der Waals surface area contributed by atoms with E-state index in [9.17, 15) is 27.6 Å². The molecule has 1 saturated heterocycles. The van der Waals surface area contributed by atoms with Crippen molar-refractivity contribution in [3.05, 3.63) is 71.3 Å². The zero-order valence-corrected chi connectivity index (χ0v) is 18.3. The largest absolute Gasteiger partial charge is 0.409 e. The first-order chi connectivity index (χ1) is 16.2. The first-order valence-electron chi connectivity index (χ1n) is 11.3. The van der Waals surface area contributed by atoms with Crippen LogP contribution in [0.15, 0.2) is 54.6 Å². The van der Waals surface area contributed by atoms with Gasteiger partial charge in [0, 0.05) is 6.54 Å². The average Bonchev–Trinajstić information content (AvgIpc) is 3.52. The highest BCUT2D eigenvalue weighted by Crippen LogP contribution is 2.44. The number of imide groups is 1. The molecule has 4 amide bonds. The molecule has 1 heterocycles. The SMILES string of the molecule is O=C1N[C@]2(CCc3ccccc32)C(=O)N1CC(=O)N(Cc1ccccc1)[C@H](C1CC1)C(F)(F)F. The zero-order valence-electron chi connectivity index (χ0n) is 18.3. The second-order valence-electron chi connectivity index (χ2n) is 9.22. The van der Waals surface area contributed by atoms with Gasteiger partial charge in [-0.2, -0.15) is 13.2 Å². The minimum absolute atomic E-state index is 0.252. The summed E-state index contributed by atoms with van der Waals surface area (Å²) >= 11 is 0. The van der Waals surface area contributed by atoms with Gasteiger partial charge in [0.05, 0.1) is 0 Å². The minimum Gasteiger partial charge on any atom is -0.324 e. The van der Waals surface area contributed by atoms with E-state index in [1.165, 1.54) is 0 Å². The number of amides is 4. The van der Waals surface area contributed by atoms with Gasteiger partial charge in [-0.25, -0.2) is 4.79 Å². The van der Waals surface area contributed by atoms with Crippen LogP contribution in [0, 0.1) is 5.92 Å². The van der Waals surface area contributed by atoms with Crippen LogP contribution in [0.4, 0.5) is 18.0 Å². The lowest BCUT2D eigenvalue weighted by molar-refractivity contribution is -0.196. The van der Waals surface area contributed by atoms with E-state index in [4.69, 9.17) is 0 Å². The number of benzene rings is 2. The first-order valence-corrected chi connectivity index (χ1v) is 11.3. The van der Waals surface area contributed by atoms with Crippen molar-refractivity contribution in [3.8, 4) is 0 Å². The van der Waals surface area contributed by atoms with Crippen LogP contribution in [-0.2, 0) is 28.1 Å². The molecule has 2 fully saturated rings. The maximum Gasteiger partial charge on any atom is 0.409 e. The molecule has 0 bridgehead atoms. The Kier molecular flexibility index (Phi) is 5.37. The molecule has 6 nitrogen and oxygen atoms in total. The van der Waals surface area contributed by atoms with Crippen LogP contribution >= 0.6 is 0 Å². The third-order valence-corrected chi connectivity index (χ3v) is 6.97. The number of hydrogen-bond donors (Lipinski definition) is 1. The molecule has 0 radical (unpaired) electrons. The van der Waals surface area contributed by atoms with E-state index >= 15 is 0 Å². The Labute approximate surface area is 194 Å². The molecule has 0 aromatic heterocycles. The molecule has 2 aromatic rings. The maximum atomic E-state index is 14.0. The summed E-state index contributed by atoms with van der Waals surface area (Å²) in [6, 6.07) is 13.0. The molecule has 5 rings (SSSR count). The van der Waals surface area contributed by atoms with E-state index in [-0.39, 0.29) is 6.54 Å². The zero-order chi connectivity index (χ0) is 24.1. The molecule has 1 spiro atoms. The van der Waals surface area contributed by atoms with Crippen molar-refractivity contribution >= 4 is 17.8 Å². The summed E-state index contributed by atoms with van der Waals surface area (Å²) in [7, 11) is 0. The molecule has 1 aliphatic heterocycles. The van der Waals surface area contributed by atoms with E-state index < -0.39 is 48.1 Å². The van der Waals surface area contributed by atoms with Crippen molar-refractivity contribution in [3.63, 3.8) is 0 Å². The number of rotatable bonds is 6. The van der Waals surface area contributed by atoms with E-state index in [1.54, 1.807) is 42.5 Å². The van der Waals surface area contributed by atoms with E-state index in [0.717, 1.165) is 15.4 Å². The van der Waals surface area contributed by atoms with Crippen LogP contribution < -0.4 is 5.32 Å². The number of fused-ring (bicyclic) bond motifs is 2. The standard InChI is InChI=1S/C25H24F3N3O3/c26-25(27,28)21(18-10-11-18)30(14-16-6-2-1-3-7-16)20(32)15-31-22(33)24(29-23(31)34)13-12-17-8-4-5-9-19(17)24/h1-9,18,21H,10-15H2,(H,29,34)/t21-,24+/m1/s1. The lowest BCUT2D eigenvalue weighted by atomic mass is 9.92. The van der Waals surface area contributed by atoms with Crippen LogP contribution in [0.5, 0.6) is 0 Å². The molecule has 9 heteroatoms. The summed E-state index contributed by atoms with van der Waals surface area (Å²) in [6.07, 6.45) is -2.92. The number of carbonyl (C=O) groups excluding carboxylic acids is 3. The lowest BCUT2D eigenvalue weighted by Gasteiger charge is -2.34. The molecule has 34 heavy (non-hydrogen) atoms. The normalized spacial score (nSPS) is 22.6. The molecular formula is C25H24F3N3O3. The van der Waals surface area contributed by atoms with Crippen molar-refractivity contribution in [2.24, 2.45) is 5.92 Å². The van der Waals surface area contributed by atoms with E-state index in [2.05, 4.69) is 5.32 Å². The predicted octanol–water partition coefficient (Wildman–Crippen LogP) is 3.75. The molecule has 1 saturated carbocycles. The second kappa shape index (κ2) is 8.14. The smallest absolute Gasteiger partial charge is 0.324 e. The van der Waals surface area contributed by atoms with Gasteiger partial charge in [0.15, 0.2) is 0 Å². The summed E-state index contributed by atoms with van der Waals surface area (Å²) in [5.74, 6) is -2.17. The third kappa shape index (κ3) is 3.82. The third-order valence-electron chi connectivity index (χ3n) is 6.97. The Morgan fingerprint density at radius 3 is 2.44 bits per heavy atom. The number of nitrogens with one attached hydrogen (secondary N) is 1. The highest BCUT2D eigenvalue weighted by Gasteiger charge is 2.57. The Bertz CT molecular complexity index is 1130. The number of carbonyl (C=O) groups is 3. The van der Waals surface area contributed by atoms with Gasteiger partial charge in [-0.1, -0.05) is 54.6 Å². The summed E-state index contributed by atoms with van der Waals surface area (Å²) in [4.78, 5) is 41.0. The summed E-state index contributed by atoms with van der Waals surface area (Å²) in [5, 5.41) is 2.72. The maximum absolute atomic E-state index is 14.0. The number of alkyl halides is 3. The Hall–Kier alpha value is -3.36. The number of hydrogen-bond acceptors (Lipinski definition) is 3. The van der Waals surface area contributed by atoms with Gasteiger partial charge in [-0.15, -0.1) is 0 Å². The molecule has 2 aliphatic carbocycles. The summed E-state index contributed by atoms with van der Waals surface area (Å²) < 4.78 is 42.1. The van der Waals surface area contributed by atoms with Gasteiger partial charge in [0.25, 0.3) is 5.91 Å². The Balaban J connectivity index is 1.42. The highest BCUT2D eigenvalue weighted by atomic mass is 19.4. The topological polar surface area (TPSA) is 69.7 Å². The van der Waals surface area contributed by atoms with Crippen LogP contribution in [0.25, 0.3) is 0 Å². The van der Waals surface area contributed by atoms with Crippen molar-refractivity contribution in [1.82, 2.24) is 15.1 Å². The fourth-order valence-electron chi connectivity index (χ4n) is 5.19. The van der Waals surface area contributed by atoms with E-state index in [1.807, 2.05) is 12.1 Å². The molecule has 2 atom stereocenters. The van der Waals surface area contributed by atoms with Gasteiger partial charge < -0.3 is 10.2 Å². The summed E-state index contributed by atoms with van der Waals surface area (Å²) in [5.41, 5.74) is 0.888. The number of aryl methyl sites for hydroxylation is 1. The number of halogens is 3. The van der Waals surface area contributed by atoms with Gasteiger partial charge in [-0.05, 0) is 48.3 Å². The molecule has 2 aromatic carbocycles. The first kappa shape index (κ1) is 22.4. The molecule has 1 N–H and O–H groups in total. The molecule has 0 unspecified atom stereocenters. The van der Waals surface area contributed by atoms with Crippen molar-refractivity contribution in [2.75, 3.05) is 6.54 Å². The molecular weight excluding hydrogens is 447 g/mol. The van der Waals surface area contributed by atoms with Gasteiger partial charge in [-0.3, -0.25) is 14.5 Å². The number of urea groups is 1. The fourth-order valence-corrected chi connectivity index (χ4v) is 5.19. The van der Waals surface area contributed by atoms with Gasteiger partial charge in [0.2, 0.25) is 5.91 Å². The average molecular weight is 471 g/mol.